The molecular weight excluding hydrogens is 324 g/mol. The molecule has 0 saturated heterocycles. The number of ether oxygens (including phenoxy) is 1. The lowest BCUT2D eigenvalue weighted by Crippen LogP contribution is -2.07. The summed E-state index contributed by atoms with van der Waals surface area (Å²) in [5.74, 6) is -0.157. The molecule has 0 spiro atoms. The fourth-order valence-corrected chi connectivity index (χ4v) is 5.52. The molecule has 4 rings (SSSR count). The molecule has 0 fully saturated rings. The molecule has 0 aliphatic heterocycles. The molecule has 2 aromatic heterocycles. The Morgan fingerprint density at radius 3 is 2.52 bits per heavy atom. The fraction of sp³-hybridized carbons (Fsp3) is 0.211. The van der Waals surface area contributed by atoms with Crippen LogP contribution in [0, 0.1) is 0 Å². The SMILES string of the molecule is CCC(=O)OC(C)c1ccc2c(c1)sc1c3ccccc3sc21. The van der Waals surface area contributed by atoms with Gasteiger partial charge in [0, 0.05) is 26.6 Å². The molecule has 1 atom stereocenters. The minimum atomic E-state index is -0.205. The first-order valence-electron chi connectivity index (χ1n) is 7.70. The predicted octanol–water partition coefficient (Wildman–Crippen LogP) is 6.28. The van der Waals surface area contributed by atoms with Crippen molar-refractivity contribution < 1.29 is 9.53 Å². The van der Waals surface area contributed by atoms with E-state index in [-0.39, 0.29) is 12.1 Å². The Bertz CT molecular complexity index is 1030. The van der Waals surface area contributed by atoms with Crippen LogP contribution in [0.2, 0.25) is 0 Å². The Morgan fingerprint density at radius 1 is 1.04 bits per heavy atom. The summed E-state index contributed by atoms with van der Waals surface area (Å²) in [5.41, 5.74) is 1.05. The molecule has 0 bridgehead atoms. The maximum atomic E-state index is 11.5. The lowest BCUT2D eigenvalue weighted by atomic mass is 10.1. The first kappa shape index (κ1) is 14.7. The van der Waals surface area contributed by atoms with Gasteiger partial charge in [-0.05, 0) is 24.6 Å². The first-order chi connectivity index (χ1) is 11.2. The van der Waals surface area contributed by atoms with Crippen molar-refractivity contribution >= 4 is 58.2 Å². The van der Waals surface area contributed by atoms with E-state index in [1.165, 1.54) is 29.6 Å². The van der Waals surface area contributed by atoms with Gasteiger partial charge < -0.3 is 4.74 Å². The van der Waals surface area contributed by atoms with Gasteiger partial charge >= 0.3 is 5.97 Å². The van der Waals surface area contributed by atoms with E-state index in [0.29, 0.717) is 6.42 Å². The molecule has 2 heterocycles. The maximum Gasteiger partial charge on any atom is 0.306 e. The van der Waals surface area contributed by atoms with Gasteiger partial charge in [-0.3, -0.25) is 4.79 Å². The van der Waals surface area contributed by atoms with Crippen LogP contribution in [0.3, 0.4) is 0 Å². The highest BCUT2D eigenvalue weighted by molar-refractivity contribution is 7.36. The number of rotatable bonds is 3. The lowest BCUT2D eigenvalue weighted by Gasteiger charge is -2.13. The van der Waals surface area contributed by atoms with Crippen LogP contribution in [0.25, 0.3) is 29.6 Å². The molecule has 116 valence electrons. The van der Waals surface area contributed by atoms with Gasteiger partial charge in [0.15, 0.2) is 0 Å². The summed E-state index contributed by atoms with van der Waals surface area (Å²) in [5, 5.41) is 2.63. The predicted molar refractivity (Wildman–Crippen MR) is 99.5 cm³/mol. The normalized spacial score (nSPS) is 13.0. The van der Waals surface area contributed by atoms with Gasteiger partial charge in [-0.25, -0.2) is 0 Å². The number of benzene rings is 2. The van der Waals surface area contributed by atoms with Gasteiger partial charge in [-0.1, -0.05) is 37.3 Å². The monoisotopic (exact) mass is 340 g/mol. The molecule has 1 unspecified atom stereocenters. The lowest BCUT2D eigenvalue weighted by molar-refractivity contribution is -0.148. The summed E-state index contributed by atoms with van der Waals surface area (Å²) >= 11 is 3.68. The first-order valence-corrected chi connectivity index (χ1v) is 9.34. The Morgan fingerprint density at radius 2 is 1.74 bits per heavy atom. The number of fused-ring (bicyclic) bond motifs is 5. The van der Waals surface area contributed by atoms with E-state index in [1.807, 2.05) is 36.5 Å². The van der Waals surface area contributed by atoms with Crippen LogP contribution in [-0.2, 0) is 9.53 Å². The van der Waals surface area contributed by atoms with Gasteiger partial charge in [-0.15, -0.1) is 22.7 Å². The summed E-state index contributed by atoms with van der Waals surface area (Å²) in [4.78, 5) is 11.5. The fourth-order valence-electron chi connectivity index (χ4n) is 2.82. The van der Waals surface area contributed by atoms with Crippen LogP contribution in [0.4, 0.5) is 0 Å². The van der Waals surface area contributed by atoms with E-state index in [0.717, 1.165) is 5.56 Å². The largest absolute Gasteiger partial charge is 0.458 e. The standard InChI is InChI=1S/C19H16O2S2/c1-3-17(20)21-11(2)12-8-9-14-16(10-12)23-18-13-6-4-5-7-15(13)22-19(14)18/h4-11H,3H2,1-2H3. The summed E-state index contributed by atoms with van der Waals surface area (Å²) in [6.45, 7) is 3.75. The zero-order valence-electron chi connectivity index (χ0n) is 13.0. The van der Waals surface area contributed by atoms with Gasteiger partial charge in [0.25, 0.3) is 0 Å². The summed E-state index contributed by atoms with van der Waals surface area (Å²) < 4.78 is 10.7. The van der Waals surface area contributed by atoms with Gasteiger partial charge in [-0.2, -0.15) is 0 Å². The molecule has 0 amide bonds. The van der Waals surface area contributed by atoms with Crippen molar-refractivity contribution in [3.05, 3.63) is 48.0 Å². The number of hydrogen-bond donors (Lipinski definition) is 0. The van der Waals surface area contributed by atoms with Crippen LogP contribution in [-0.4, -0.2) is 5.97 Å². The molecule has 0 saturated carbocycles. The number of esters is 1. The topological polar surface area (TPSA) is 26.3 Å². The molecule has 0 aliphatic rings. The Hall–Kier alpha value is -1.91. The third-order valence-corrected chi connectivity index (χ3v) is 6.60. The second kappa shape index (κ2) is 5.62. The highest BCUT2D eigenvalue weighted by Gasteiger charge is 2.15. The molecular formula is C19H16O2S2. The van der Waals surface area contributed by atoms with Crippen LogP contribution in [0.1, 0.15) is 31.9 Å². The second-order valence-corrected chi connectivity index (χ2v) is 7.70. The average molecular weight is 340 g/mol. The van der Waals surface area contributed by atoms with Crippen LogP contribution >= 0.6 is 22.7 Å². The number of hydrogen-bond acceptors (Lipinski definition) is 4. The summed E-state index contributed by atoms with van der Waals surface area (Å²) in [6.07, 6.45) is 0.205. The van der Waals surface area contributed by atoms with Crippen molar-refractivity contribution in [1.82, 2.24) is 0 Å². The van der Waals surface area contributed by atoms with E-state index in [1.54, 1.807) is 0 Å². The quantitative estimate of drug-likeness (QED) is 0.410. The highest BCUT2D eigenvalue weighted by Crippen LogP contribution is 2.44. The van der Waals surface area contributed by atoms with Crippen molar-refractivity contribution in [2.24, 2.45) is 0 Å². The minimum Gasteiger partial charge on any atom is -0.458 e. The third kappa shape index (κ3) is 2.42. The van der Waals surface area contributed by atoms with Crippen LogP contribution < -0.4 is 0 Å². The van der Waals surface area contributed by atoms with E-state index >= 15 is 0 Å². The average Bonchev–Trinajstić information content (AvgIpc) is 3.10. The molecule has 4 heteroatoms. The van der Waals surface area contributed by atoms with Crippen molar-refractivity contribution in [2.75, 3.05) is 0 Å². The zero-order valence-corrected chi connectivity index (χ0v) is 14.6. The minimum absolute atomic E-state index is 0.157. The molecule has 4 aromatic rings. The molecule has 0 N–H and O–H groups in total. The van der Waals surface area contributed by atoms with E-state index in [9.17, 15) is 4.79 Å². The molecule has 2 nitrogen and oxygen atoms in total. The number of carbonyl (C=O) groups is 1. The van der Waals surface area contributed by atoms with Crippen molar-refractivity contribution in [1.29, 1.82) is 0 Å². The molecule has 0 radical (unpaired) electrons. The number of thiophene rings is 2. The second-order valence-electron chi connectivity index (χ2n) is 5.60. The highest BCUT2D eigenvalue weighted by atomic mass is 32.1. The van der Waals surface area contributed by atoms with E-state index in [4.69, 9.17) is 4.74 Å². The smallest absolute Gasteiger partial charge is 0.306 e. The van der Waals surface area contributed by atoms with Crippen molar-refractivity contribution in [3.8, 4) is 0 Å². The Balaban J connectivity index is 1.83. The molecule has 2 aromatic carbocycles. The maximum absolute atomic E-state index is 11.5. The van der Waals surface area contributed by atoms with Gasteiger partial charge in [0.1, 0.15) is 6.10 Å². The third-order valence-electron chi connectivity index (χ3n) is 4.08. The number of carbonyl (C=O) groups excluding carboxylic acids is 1. The van der Waals surface area contributed by atoms with Crippen molar-refractivity contribution in [2.45, 2.75) is 26.4 Å². The van der Waals surface area contributed by atoms with Gasteiger partial charge in [0.2, 0.25) is 0 Å². The molecule has 0 aliphatic carbocycles. The zero-order chi connectivity index (χ0) is 16.0. The summed E-state index contributed by atoms with van der Waals surface area (Å²) in [7, 11) is 0. The summed E-state index contributed by atoms with van der Waals surface area (Å²) in [6, 6.07) is 15.0. The Kier molecular flexibility index (Phi) is 3.58. The van der Waals surface area contributed by atoms with Crippen LogP contribution in [0.5, 0.6) is 0 Å². The molecule has 23 heavy (non-hydrogen) atoms. The van der Waals surface area contributed by atoms with Gasteiger partial charge in [0.05, 0.1) is 9.40 Å². The van der Waals surface area contributed by atoms with E-state index < -0.39 is 0 Å². The van der Waals surface area contributed by atoms with Crippen LogP contribution in [0.15, 0.2) is 42.5 Å². The van der Waals surface area contributed by atoms with Crippen molar-refractivity contribution in [3.63, 3.8) is 0 Å². The van der Waals surface area contributed by atoms with E-state index in [2.05, 4.69) is 42.5 Å². The Labute approximate surface area is 142 Å².